The fourth-order valence-electron chi connectivity index (χ4n) is 3.19. The van der Waals surface area contributed by atoms with Crippen LogP contribution in [0.5, 0.6) is 5.75 Å². The van der Waals surface area contributed by atoms with E-state index < -0.39 is 6.10 Å². The number of aromatic nitrogens is 3. The summed E-state index contributed by atoms with van der Waals surface area (Å²) in [5, 5.41) is 13.9. The SMILES string of the molecule is CCc1cc(-c2nc(-c3cc(C)c(OCC(O)CN)c(CC)c3)no2)cc(C)n1. The number of benzene rings is 1. The third-order valence-corrected chi connectivity index (χ3v) is 4.72. The Bertz CT molecular complexity index is 984. The van der Waals surface area contributed by atoms with Gasteiger partial charge in [-0.1, -0.05) is 19.0 Å². The molecule has 29 heavy (non-hydrogen) atoms. The lowest BCUT2D eigenvalue weighted by molar-refractivity contribution is 0.113. The van der Waals surface area contributed by atoms with Crippen LogP contribution in [-0.4, -0.2) is 39.5 Å². The first-order valence-corrected chi connectivity index (χ1v) is 9.91. The Balaban J connectivity index is 1.92. The molecule has 0 saturated heterocycles. The average molecular weight is 396 g/mol. The standard InChI is InChI=1S/C22H28N4O3/c1-5-15-9-16(7-13(3)20(15)28-12-19(27)11-23)21-25-22(29-26-21)17-8-14(4)24-18(6-2)10-17/h7-10,19,27H,5-6,11-12,23H2,1-4H3. The van der Waals surface area contributed by atoms with Crippen LogP contribution in [0, 0.1) is 13.8 Å². The molecule has 3 rings (SSSR count). The minimum Gasteiger partial charge on any atom is -0.490 e. The lowest BCUT2D eigenvalue weighted by atomic mass is 10.0. The largest absolute Gasteiger partial charge is 0.490 e. The van der Waals surface area contributed by atoms with Crippen LogP contribution in [0.3, 0.4) is 0 Å². The Morgan fingerprint density at radius 1 is 1.07 bits per heavy atom. The smallest absolute Gasteiger partial charge is 0.258 e. The Labute approximate surface area is 170 Å². The molecule has 0 aliphatic carbocycles. The molecule has 3 aromatic rings. The van der Waals surface area contributed by atoms with Crippen molar-refractivity contribution >= 4 is 0 Å². The van der Waals surface area contributed by atoms with Gasteiger partial charge >= 0.3 is 0 Å². The fraction of sp³-hybridized carbons (Fsp3) is 0.409. The molecule has 0 bridgehead atoms. The van der Waals surface area contributed by atoms with Crippen molar-refractivity contribution in [3.05, 3.63) is 46.8 Å². The lowest BCUT2D eigenvalue weighted by Gasteiger charge is -2.16. The molecular weight excluding hydrogens is 368 g/mol. The Morgan fingerprint density at radius 2 is 1.86 bits per heavy atom. The fourth-order valence-corrected chi connectivity index (χ4v) is 3.19. The maximum atomic E-state index is 9.69. The van der Waals surface area contributed by atoms with Gasteiger partial charge < -0.3 is 20.1 Å². The molecule has 1 aromatic carbocycles. The lowest BCUT2D eigenvalue weighted by Crippen LogP contribution is -2.27. The van der Waals surface area contributed by atoms with Crippen molar-refractivity contribution in [2.24, 2.45) is 5.73 Å². The maximum Gasteiger partial charge on any atom is 0.258 e. The van der Waals surface area contributed by atoms with Crippen molar-refractivity contribution < 1.29 is 14.4 Å². The summed E-state index contributed by atoms with van der Waals surface area (Å²) >= 11 is 0. The second-order valence-electron chi connectivity index (χ2n) is 7.10. The molecule has 3 N–H and O–H groups in total. The van der Waals surface area contributed by atoms with Gasteiger partial charge in [0.05, 0.1) is 0 Å². The first kappa shape index (κ1) is 21.0. The summed E-state index contributed by atoms with van der Waals surface area (Å²) in [7, 11) is 0. The highest BCUT2D eigenvalue weighted by molar-refractivity contribution is 5.64. The highest BCUT2D eigenvalue weighted by Gasteiger charge is 2.16. The van der Waals surface area contributed by atoms with Crippen molar-refractivity contribution in [1.82, 2.24) is 15.1 Å². The molecule has 0 aliphatic rings. The van der Waals surface area contributed by atoms with Crippen LogP contribution in [0.25, 0.3) is 22.8 Å². The molecule has 0 fully saturated rings. The number of pyridine rings is 1. The van der Waals surface area contributed by atoms with Gasteiger partial charge in [-0.15, -0.1) is 0 Å². The van der Waals surface area contributed by atoms with Gasteiger partial charge in [-0.3, -0.25) is 4.98 Å². The van der Waals surface area contributed by atoms with Crippen LogP contribution >= 0.6 is 0 Å². The van der Waals surface area contributed by atoms with Crippen LogP contribution in [-0.2, 0) is 12.8 Å². The van der Waals surface area contributed by atoms with Crippen molar-refractivity contribution in [1.29, 1.82) is 0 Å². The molecule has 0 spiro atoms. The number of rotatable bonds is 8. The third-order valence-electron chi connectivity index (χ3n) is 4.72. The first-order valence-electron chi connectivity index (χ1n) is 9.91. The molecule has 7 heteroatoms. The van der Waals surface area contributed by atoms with Crippen LogP contribution in [0.1, 0.15) is 36.4 Å². The van der Waals surface area contributed by atoms with Crippen molar-refractivity contribution in [2.75, 3.05) is 13.2 Å². The Hall–Kier alpha value is -2.77. The molecule has 0 saturated carbocycles. The van der Waals surface area contributed by atoms with Gasteiger partial charge in [0.25, 0.3) is 5.89 Å². The van der Waals surface area contributed by atoms with E-state index in [1.54, 1.807) is 0 Å². The topological polar surface area (TPSA) is 107 Å². The second-order valence-corrected chi connectivity index (χ2v) is 7.10. The Morgan fingerprint density at radius 3 is 2.55 bits per heavy atom. The summed E-state index contributed by atoms with van der Waals surface area (Å²) in [5.74, 6) is 1.77. The van der Waals surface area contributed by atoms with Crippen LogP contribution in [0.15, 0.2) is 28.8 Å². The van der Waals surface area contributed by atoms with Gasteiger partial charge in [-0.2, -0.15) is 4.98 Å². The highest BCUT2D eigenvalue weighted by Crippen LogP contribution is 2.31. The van der Waals surface area contributed by atoms with Crippen LogP contribution in [0.2, 0.25) is 0 Å². The maximum absolute atomic E-state index is 9.69. The van der Waals surface area contributed by atoms with Gasteiger partial charge in [0.15, 0.2) is 0 Å². The molecule has 154 valence electrons. The van der Waals surface area contributed by atoms with Gasteiger partial charge in [0, 0.05) is 29.1 Å². The van der Waals surface area contributed by atoms with Crippen molar-refractivity contribution in [3.8, 4) is 28.6 Å². The van der Waals surface area contributed by atoms with E-state index >= 15 is 0 Å². The minimum atomic E-state index is -0.685. The number of nitrogens with zero attached hydrogens (tertiary/aromatic N) is 3. The first-order chi connectivity index (χ1) is 13.9. The molecule has 0 amide bonds. The van der Waals surface area contributed by atoms with Crippen molar-refractivity contribution in [2.45, 2.75) is 46.6 Å². The molecular formula is C22H28N4O3. The third kappa shape index (κ3) is 4.81. The number of aliphatic hydroxyl groups is 1. The van der Waals surface area contributed by atoms with Crippen LogP contribution < -0.4 is 10.5 Å². The Kier molecular flexibility index (Phi) is 6.61. The zero-order valence-corrected chi connectivity index (χ0v) is 17.4. The van der Waals surface area contributed by atoms with E-state index in [4.69, 9.17) is 15.0 Å². The summed E-state index contributed by atoms with van der Waals surface area (Å²) < 4.78 is 11.3. The molecule has 1 unspecified atom stereocenters. The molecule has 2 aromatic heterocycles. The van der Waals surface area contributed by atoms with Gasteiger partial charge in [0.1, 0.15) is 18.5 Å². The van der Waals surface area contributed by atoms with Gasteiger partial charge in [-0.05, 0) is 62.1 Å². The normalized spacial score (nSPS) is 12.2. The van der Waals surface area contributed by atoms with E-state index in [1.165, 1.54) is 0 Å². The average Bonchev–Trinajstić information content (AvgIpc) is 3.21. The zero-order valence-electron chi connectivity index (χ0n) is 17.4. The van der Waals surface area contributed by atoms with Gasteiger partial charge in [0.2, 0.25) is 5.82 Å². The number of hydrogen-bond acceptors (Lipinski definition) is 7. The number of ether oxygens (including phenoxy) is 1. The number of aliphatic hydroxyl groups excluding tert-OH is 1. The van der Waals surface area contributed by atoms with Gasteiger partial charge in [-0.25, -0.2) is 0 Å². The monoisotopic (exact) mass is 396 g/mol. The minimum absolute atomic E-state index is 0.164. The highest BCUT2D eigenvalue weighted by atomic mass is 16.5. The van der Waals surface area contributed by atoms with Crippen LogP contribution in [0.4, 0.5) is 0 Å². The summed E-state index contributed by atoms with van der Waals surface area (Å²) in [6.45, 7) is 8.37. The number of hydrogen-bond donors (Lipinski definition) is 2. The molecule has 2 heterocycles. The van der Waals surface area contributed by atoms with E-state index in [-0.39, 0.29) is 13.2 Å². The van der Waals surface area contributed by atoms with E-state index in [1.807, 2.05) is 38.1 Å². The molecule has 0 aliphatic heterocycles. The summed E-state index contributed by atoms with van der Waals surface area (Å²) in [4.78, 5) is 9.09. The second kappa shape index (κ2) is 9.15. The molecule has 7 nitrogen and oxygen atoms in total. The summed E-state index contributed by atoms with van der Waals surface area (Å²) in [5.41, 5.74) is 11.1. The quantitative estimate of drug-likeness (QED) is 0.602. The van der Waals surface area contributed by atoms with E-state index in [9.17, 15) is 5.11 Å². The summed E-state index contributed by atoms with van der Waals surface area (Å²) in [6, 6.07) is 7.89. The predicted octanol–water partition coefficient (Wildman–Crippen LogP) is 3.24. The predicted molar refractivity (Wildman–Crippen MR) is 112 cm³/mol. The van der Waals surface area contributed by atoms with E-state index in [2.05, 4.69) is 29.0 Å². The van der Waals surface area contributed by atoms with E-state index in [0.717, 1.165) is 52.2 Å². The van der Waals surface area contributed by atoms with E-state index in [0.29, 0.717) is 11.7 Å². The number of nitrogens with two attached hydrogens (primary N) is 1. The summed E-state index contributed by atoms with van der Waals surface area (Å²) in [6.07, 6.45) is 0.932. The molecule has 0 radical (unpaired) electrons. The number of aryl methyl sites for hydroxylation is 4. The molecule has 1 atom stereocenters. The zero-order chi connectivity index (χ0) is 21.0. The van der Waals surface area contributed by atoms with Crippen molar-refractivity contribution in [3.63, 3.8) is 0 Å².